The highest BCUT2D eigenvalue weighted by Gasteiger charge is 2.40. The molecule has 2 amide bonds. The van der Waals surface area contributed by atoms with Gasteiger partial charge in [-0.05, 0) is 25.0 Å². The lowest BCUT2D eigenvalue weighted by Gasteiger charge is -2.32. The molecule has 0 atom stereocenters. The van der Waals surface area contributed by atoms with Gasteiger partial charge in [0.25, 0.3) is 5.91 Å². The molecule has 0 spiro atoms. The maximum atomic E-state index is 12.1. The first-order chi connectivity index (χ1) is 9.88. The van der Waals surface area contributed by atoms with Crippen molar-refractivity contribution in [3.05, 3.63) is 30.1 Å². The third-order valence-corrected chi connectivity index (χ3v) is 3.28. The molecule has 114 valence electrons. The van der Waals surface area contributed by atoms with Crippen molar-refractivity contribution >= 4 is 11.8 Å². The minimum absolute atomic E-state index is 0.205. The van der Waals surface area contributed by atoms with Gasteiger partial charge in [0.15, 0.2) is 0 Å². The lowest BCUT2D eigenvalue weighted by Crippen LogP contribution is -2.49. The standard InChI is InChI=1S/C13H14F3N3O2/c14-13(15,16)12(21)18-10-3-6-19(7-4-10)11(20)9-2-1-5-17-8-9/h1-2,5,8,10H,3-4,6-7H2,(H,18,21). The first-order valence-corrected chi connectivity index (χ1v) is 6.45. The number of halogens is 3. The predicted molar refractivity (Wildman–Crippen MR) is 67.4 cm³/mol. The summed E-state index contributed by atoms with van der Waals surface area (Å²) < 4.78 is 36.4. The van der Waals surface area contributed by atoms with Crippen LogP contribution in [0.25, 0.3) is 0 Å². The summed E-state index contributed by atoms with van der Waals surface area (Å²) in [6.45, 7) is 0.604. The molecule has 1 aliphatic rings. The van der Waals surface area contributed by atoms with Crippen molar-refractivity contribution in [2.24, 2.45) is 0 Å². The molecule has 0 saturated carbocycles. The van der Waals surface area contributed by atoms with Gasteiger partial charge in [0.1, 0.15) is 0 Å². The van der Waals surface area contributed by atoms with Gasteiger partial charge in [0, 0.05) is 31.5 Å². The second-order valence-corrected chi connectivity index (χ2v) is 4.78. The Kier molecular flexibility index (Phi) is 4.44. The second kappa shape index (κ2) is 6.11. The Balaban J connectivity index is 1.86. The van der Waals surface area contributed by atoms with Gasteiger partial charge >= 0.3 is 12.1 Å². The first-order valence-electron chi connectivity index (χ1n) is 6.45. The van der Waals surface area contributed by atoms with Gasteiger partial charge in [-0.2, -0.15) is 13.2 Å². The van der Waals surface area contributed by atoms with Crippen molar-refractivity contribution < 1.29 is 22.8 Å². The fourth-order valence-electron chi connectivity index (χ4n) is 2.17. The van der Waals surface area contributed by atoms with Gasteiger partial charge in [0.2, 0.25) is 0 Å². The summed E-state index contributed by atoms with van der Waals surface area (Å²) in [5.74, 6) is -2.14. The molecular formula is C13H14F3N3O2. The molecule has 0 aromatic carbocycles. The van der Waals surface area contributed by atoms with Crippen LogP contribution < -0.4 is 5.32 Å². The van der Waals surface area contributed by atoms with Gasteiger partial charge in [-0.25, -0.2) is 0 Å². The van der Waals surface area contributed by atoms with Gasteiger partial charge in [0.05, 0.1) is 5.56 Å². The van der Waals surface area contributed by atoms with Crippen molar-refractivity contribution in [2.45, 2.75) is 25.1 Å². The molecule has 1 aliphatic heterocycles. The Morgan fingerprint density at radius 3 is 2.48 bits per heavy atom. The maximum absolute atomic E-state index is 12.1. The number of nitrogens with one attached hydrogen (secondary N) is 1. The van der Waals surface area contributed by atoms with Crippen LogP contribution in [0.2, 0.25) is 0 Å². The third kappa shape index (κ3) is 3.93. The molecule has 5 nitrogen and oxygen atoms in total. The van der Waals surface area contributed by atoms with Gasteiger partial charge in [-0.15, -0.1) is 0 Å². The summed E-state index contributed by atoms with van der Waals surface area (Å²) >= 11 is 0. The highest BCUT2D eigenvalue weighted by Crippen LogP contribution is 2.18. The SMILES string of the molecule is O=C(c1cccnc1)N1CCC(NC(=O)C(F)(F)F)CC1. The summed E-state index contributed by atoms with van der Waals surface area (Å²) in [7, 11) is 0. The number of carbonyl (C=O) groups is 2. The number of hydrogen-bond acceptors (Lipinski definition) is 3. The summed E-state index contributed by atoms with van der Waals surface area (Å²) in [4.78, 5) is 28.4. The number of alkyl halides is 3. The number of piperidine rings is 1. The third-order valence-electron chi connectivity index (χ3n) is 3.28. The van der Waals surface area contributed by atoms with Crippen LogP contribution in [0.3, 0.4) is 0 Å². The van der Waals surface area contributed by atoms with Crippen LogP contribution >= 0.6 is 0 Å². The molecule has 2 rings (SSSR count). The Labute approximate surface area is 119 Å². The van der Waals surface area contributed by atoms with E-state index in [4.69, 9.17) is 0 Å². The molecule has 1 saturated heterocycles. The number of pyridine rings is 1. The molecule has 0 radical (unpaired) electrons. The first kappa shape index (κ1) is 15.3. The average molecular weight is 301 g/mol. The number of carbonyl (C=O) groups excluding carboxylic acids is 2. The number of rotatable bonds is 2. The predicted octanol–water partition coefficient (Wildman–Crippen LogP) is 1.36. The zero-order chi connectivity index (χ0) is 15.5. The number of hydrogen-bond donors (Lipinski definition) is 1. The summed E-state index contributed by atoms with van der Waals surface area (Å²) in [6, 6.07) is 2.72. The highest BCUT2D eigenvalue weighted by atomic mass is 19.4. The fourth-order valence-corrected chi connectivity index (χ4v) is 2.17. The number of aromatic nitrogens is 1. The van der Waals surface area contributed by atoms with Crippen molar-refractivity contribution in [1.82, 2.24) is 15.2 Å². The Bertz CT molecular complexity index is 511. The van der Waals surface area contributed by atoms with Crippen LogP contribution in [0.5, 0.6) is 0 Å². The van der Waals surface area contributed by atoms with Gasteiger partial charge in [-0.3, -0.25) is 14.6 Å². The number of likely N-dealkylation sites (tertiary alicyclic amines) is 1. The summed E-state index contributed by atoms with van der Waals surface area (Å²) in [5, 5.41) is 1.94. The Morgan fingerprint density at radius 1 is 1.29 bits per heavy atom. The molecule has 21 heavy (non-hydrogen) atoms. The molecular weight excluding hydrogens is 287 g/mol. The van der Waals surface area contributed by atoms with Crippen LogP contribution in [0.4, 0.5) is 13.2 Å². The van der Waals surface area contributed by atoms with E-state index in [0.717, 1.165) is 0 Å². The van der Waals surface area contributed by atoms with Crippen LogP contribution in [-0.2, 0) is 4.79 Å². The number of nitrogens with zero attached hydrogens (tertiary/aromatic N) is 2. The molecule has 0 aliphatic carbocycles. The quantitative estimate of drug-likeness (QED) is 0.897. The van der Waals surface area contributed by atoms with E-state index < -0.39 is 18.1 Å². The lowest BCUT2D eigenvalue weighted by molar-refractivity contribution is -0.174. The van der Waals surface area contributed by atoms with Crippen molar-refractivity contribution in [1.29, 1.82) is 0 Å². The average Bonchev–Trinajstić information content (AvgIpc) is 2.47. The maximum Gasteiger partial charge on any atom is 0.471 e. The minimum Gasteiger partial charge on any atom is -0.345 e. The number of amides is 2. The van der Waals surface area contributed by atoms with Crippen molar-refractivity contribution in [2.75, 3.05) is 13.1 Å². The zero-order valence-electron chi connectivity index (χ0n) is 11.1. The van der Waals surface area contributed by atoms with Gasteiger partial charge in [-0.1, -0.05) is 0 Å². The van der Waals surface area contributed by atoms with Crippen LogP contribution in [0, 0.1) is 0 Å². The highest BCUT2D eigenvalue weighted by molar-refractivity contribution is 5.93. The molecule has 1 aromatic rings. The van der Waals surface area contributed by atoms with Crippen LogP contribution in [0.1, 0.15) is 23.2 Å². The molecule has 2 heterocycles. The van der Waals surface area contributed by atoms with E-state index in [1.54, 1.807) is 23.2 Å². The largest absolute Gasteiger partial charge is 0.471 e. The minimum atomic E-state index is -4.87. The Morgan fingerprint density at radius 2 is 1.95 bits per heavy atom. The molecule has 1 aromatic heterocycles. The fraction of sp³-hybridized carbons (Fsp3) is 0.462. The van der Waals surface area contributed by atoms with E-state index in [9.17, 15) is 22.8 Å². The van der Waals surface area contributed by atoms with E-state index in [1.807, 2.05) is 5.32 Å². The van der Waals surface area contributed by atoms with E-state index in [0.29, 0.717) is 31.5 Å². The van der Waals surface area contributed by atoms with Crippen LogP contribution in [0.15, 0.2) is 24.5 Å². The van der Waals surface area contributed by atoms with E-state index in [1.165, 1.54) is 6.20 Å². The van der Waals surface area contributed by atoms with E-state index in [-0.39, 0.29) is 5.91 Å². The Hall–Kier alpha value is -2.12. The lowest BCUT2D eigenvalue weighted by atomic mass is 10.0. The normalized spacial score (nSPS) is 16.6. The van der Waals surface area contributed by atoms with Crippen molar-refractivity contribution in [3.8, 4) is 0 Å². The smallest absolute Gasteiger partial charge is 0.345 e. The molecule has 0 unspecified atom stereocenters. The molecule has 1 N–H and O–H groups in total. The second-order valence-electron chi connectivity index (χ2n) is 4.78. The van der Waals surface area contributed by atoms with Crippen LogP contribution in [-0.4, -0.2) is 47.0 Å². The van der Waals surface area contributed by atoms with E-state index in [2.05, 4.69) is 4.98 Å². The topological polar surface area (TPSA) is 62.3 Å². The zero-order valence-corrected chi connectivity index (χ0v) is 11.1. The summed E-state index contributed by atoms with van der Waals surface area (Å²) in [5.41, 5.74) is 0.440. The molecule has 0 bridgehead atoms. The summed E-state index contributed by atoms with van der Waals surface area (Å²) in [6.07, 6.45) is -1.28. The van der Waals surface area contributed by atoms with E-state index >= 15 is 0 Å². The molecule has 8 heteroatoms. The monoisotopic (exact) mass is 301 g/mol. The van der Waals surface area contributed by atoms with Gasteiger partial charge < -0.3 is 10.2 Å². The van der Waals surface area contributed by atoms with Crippen molar-refractivity contribution in [3.63, 3.8) is 0 Å². The molecule has 1 fully saturated rings.